The van der Waals surface area contributed by atoms with Gasteiger partial charge in [0.25, 0.3) is 0 Å². The van der Waals surface area contributed by atoms with E-state index >= 15 is 0 Å². The average Bonchev–Trinajstić information content (AvgIpc) is 2.53. The van der Waals surface area contributed by atoms with Crippen LogP contribution < -0.4 is 0 Å². The number of carbonyl (C=O) groups is 1. The van der Waals surface area contributed by atoms with Crippen molar-refractivity contribution in [2.75, 3.05) is 24.7 Å². The summed E-state index contributed by atoms with van der Waals surface area (Å²) in [7, 11) is 0. The third kappa shape index (κ3) is 10.7. The molecule has 3 fully saturated rings. The molecule has 2 saturated heterocycles. The van der Waals surface area contributed by atoms with Crippen molar-refractivity contribution in [1.82, 2.24) is 0 Å². The number of Topliss-reactive ketones (excluding diaryl/α,β-unsaturated/α-hetero) is 1. The van der Waals surface area contributed by atoms with E-state index in [1.54, 1.807) is 0 Å². The van der Waals surface area contributed by atoms with Crippen molar-refractivity contribution in [3.8, 4) is 0 Å². The lowest BCUT2D eigenvalue weighted by Gasteiger charge is -2.16. The number of ketones is 1. The second-order valence-corrected chi connectivity index (χ2v) is 8.54. The molecule has 3 rings (SSSR count). The van der Waals surface area contributed by atoms with Crippen LogP contribution in [0.5, 0.6) is 0 Å². The van der Waals surface area contributed by atoms with Crippen LogP contribution in [0.2, 0.25) is 0 Å². The quantitative estimate of drug-likeness (QED) is 0.600. The van der Waals surface area contributed by atoms with Crippen LogP contribution in [0.15, 0.2) is 0 Å². The van der Waals surface area contributed by atoms with E-state index in [1.807, 2.05) is 0 Å². The molecule has 3 aliphatic rings. The molecule has 0 bridgehead atoms. The van der Waals surface area contributed by atoms with Crippen molar-refractivity contribution in [1.29, 1.82) is 0 Å². The maximum absolute atomic E-state index is 10.6. The topological polar surface area (TPSA) is 26.3 Å². The second kappa shape index (κ2) is 12.4. The third-order valence-corrected chi connectivity index (χ3v) is 5.90. The van der Waals surface area contributed by atoms with Crippen molar-refractivity contribution in [3.63, 3.8) is 0 Å². The molecule has 1 aliphatic carbocycles. The molecule has 22 heavy (non-hydrogen) atoms. The van der Waals surface area contributed by atoms with Gasteiger partial charge in [-0.15, -0.1) is 0 Å². The molecule has 0 unspecified atom stereocenters. The summed E-state index contributed by atoms with van der Waals surface area (Å²) in [5.74, 6) is 5.99. The number of thioether (sulfide) groups is 1. The normalized spacial score (nSPS) is 24.8. The van der Waals surface area contributed by atoms with Crippen LogP contribution in [0, 0.1) is 17.8 Å². The van der Waals surface area contributed by atoms with Crippen molar-refractivity contribution in [3.05, 3.63) is 0 Å². The second-order valence-electron chi connectivity index (χ2n) is 7.31. The molecule has 0 aromatic carbocycles. The van der Waals surface area contributed by atoms with Gasteiger partial charge in [-0.1, -0.05) is 20.8 Å². The van der Waals surface area contributed by atoms with Gasteiger partial charge >= 0.3 is 0 Å². The van der Waals surface area contributed by atoms with Gasteiger partial charge in [0.1, 0.15) is 5.78 Å². The standard InChI is InChI=1S/C7H12O.C6H12O.C6H12S/c1-6-2-4-7(8)5-3-6;2*1-6-2-4-7-5-3-6/h6H,2-5H2,1H3;2*6H,2-5H2,1H3. The van der Waals surface area contributed by atoms with Crippen LogP contribution in [0.1, 0.15) is 72.1 Å². The van der Waals surface area contributed by atoms with Gasteiger partial charge in [-0.2, -0.15) is 11.8 Å². The molecule has 0 aromatic rings. The van der Waals surface area contributed by atoms with E-state index in [-0.39, 0.29) is 0 Å². The summed E-state index contributed by atoms with van der Waals surface area (Å²) in [4.78, 5) is 10.6. The lowest BCUT2D eigenvalue weighted by molar-refractivity contribution is -0.120. The lowest BCUT2D eigenvalue weighted by Crippen LogP contribution is -2.12. The van der Waals surface area contributed by atoms with E-state index in [1.165, 1.54) is 37.2 Å². The smallest absolute Gasteiger partial charge is 0.132 e. The summed E-state index contributed by atoms with van der Waals surface area (Å²) in [6.07, 6.45) is 9.34. The zero-order valence-electron chi connectivity index (χ0n) is 14.9. The van der Waals surface area contributed by atoms with Gasteiger partial charge < -0.3 is 4.74 Å². The summed E-state index contributed by atoms with van der Waals surface area (Å²) in [5, 5.41) is 0. The number of rotatable bonds is 0. The fraction of sp³-hybridized carbons (Fsp3) is 0.947. The predicted octanol–water partition coefficient (Wildman–Crippen LogP) is 5.35. The highest BCUT2D eigenvalue weighted by molar-refractivity contribution is 7.99. The average molecular weight is 329 g/mol. The van der Waals surface area contributed by atoms with Crippen LogP contribution >= 0.6 is 11.8 Å². The van der Waals surface area contributed by atoms with E-state index in [4.69, 9.17) is 4.74 Å². The van der Waals surface area contributed by atoms with E-state index in [2.05, 4.69) is 32.5 Å². The van der Waals surface area contributed by atoms with Gasteiger partial charge in [0, 0.05) is 26.1 Å². The minimum absolute atomic E-state index is 0.461. The molecule has 3 heteroatoms. The summed E-state index contributed by atoms with van der Waals surface area (Å²) in [6, 6.07) is 0. The molecule has 2 nitrogen and oxygen atoms in total. The van der Waals surface area contributed by atoms with Crippen LogP contribution in [0.4, 0.5) is 0 Å². The number of hydrogen-bond donors (Lipinski definition) is 0. The number of carbonyl (C=O) groups excluding carboxylic acids is 1. The van der Waals surface area contributed by atoms with E-state index in [9.17, 15) is 4.79 Å². The SMILES string of the molecule is CC1CCC(=O)CC1.CC1CCOCC1.CC1CCSCC1. The first-order chi connectivity index (χ1) is 10.6. The van der Waals surface area contributed by atoms with E-state index < -0.39 is 0 Å². The molecule has 2 heterocycles. The minimum atomic E-state index is 0.461. The summed E-state index contributed by atoms with van der Waals surface area (Å²) >= 11 is 2.10. The van der Waals surface area contributed by atoms with E-state index in [0.29, 0.717) is 5.78 Å². The Morgan fingerprint density at radius 2 is 1.23 bits per heavy atom. The Balaban J connectivity index is 0.000000166. The molecule has 2 aliphatic heterocycles. The maximum atomic E-state index is 10.6. The zero-order valence-corrected chi connectivity index (χ0v) is 15.8. The maximum Gasteiger partial charge on any atom is 0.132 e. The van der Waals surface area contributed by atoms with E-state index in [0.717, 1.165) is 56.7 Å². The first kappa shape index (κ1) is 20.0. The molecule has 0 N–H and O–H groups in total. The van der Waals surface area contributed by atoms with Crippen LogP contribution in [0.25, 0.3) is 0 Å². The van der Waals surface area contributed by atoms with Crippen LogP contribution in [0.3, 0.4) is 0 Å². The first-order valence-electron chi connectivity index (χ1n) is 9.25. The lowest BCUT2D eigenvalue weighted by atomic mass is 9.90. The van der Waals surface area contributed by atoms with Gasteiger partial charge in [0.15, 0.2) is 0 Å². The molecule has 1 saturated carbocycles. The first-order valence-corrected chi connectivity index (χ1v) is 10.4. The summed E-state index contributed by atoms with van der Waals surface area (Å²) < 4.78 is 5.14. The highest BCUT2D eigenvalue weighted by atomic mass is 32.2. The third-order valence-electron chi connectivity index (χ3n) is 4.85. The fourth-order valence-electron chi connectivity index (χ4n) is 2.71. The summed E-state index contributed by atoms with van der Waals surface area (Å²) in [5.41, 5.74) is 0. The largest absolute Gasteiger partial charge is 0.381 e. The van der Waals surface area contributed by atoms with Crippen molar-refractivity contribution in [2.45, 2.75) is 72.1 Å². The molecule has 0 radical (unpaired) electrons. The Kier molecular flexibility index (Phi) is 11.3. The molecule has 0 atom stereocenters. The highest BCUT2D eigenvalue weighted by Gasteiger charge is 2.13. The van der Waals surface area contributed by atoms with Crippen molar-refractivity contribution >= 4 is 17.5 Å². The molecule has 0 aromatic heterocycles. The minimum Gasteiger partial charge on any atom is -0.381 e. The molecule has 0 amide bonds. The van der Waals surface area contributed by atoms with Gasteiger partial charge in [-0.05, 0) is 67.8 Å². The van der Waals surface area contributed by atoms with Crippen molar-refractivity contribution in [2.24, 2.45) is 17.8 Å². The summed E-state index contributed by atoms with van der Waals surface area (Å²) in [6.45, 7) is 8.82. The predicted molar refractivity (Wildman–Crippen MR) is 97.6 cm³/mol. The Hall–Kier alpha value is -0.0200. The number of hydrogen-bond acceptors (Lipinski definition) is 3. The molecule has 130 valence electrons. The molecule has 0 spiro atoms. The molecular weight excluding hydrogens is 292 g/mol. The highest BCUT2D eigenvalue weighted by Crippen LogP contribution is 2.21. The van der Waals surface area contributed by atoms with Crippen LogP contribution in [-0.4, -0.2) is 30.5 Å². The Bertz CT molecular complexity index is 255. The fourth-order valence-corrected chi connectivity index (χ4v) is 4.06. The van der Waals surface area contributed by atoms with Gasteiger partial charge in [-0.3, -0.25) is 4.79 Å². The van der Waals surface area contributed by atoms with Gasteiger partial charge in [0.2, 0.25) is 0 Å². The zero-order chi connectivity index (χ0) is 16.2. The monoisotopic (exact) mass is 328 g/mol. The Morgan fingerprint density at radius 1 is 0.773 bits per heavy atom. The Morgan fingerprint density at radius 3 is 1.55 bits per heavy atom. The van der Waals surface area contributed by atoms with Gasteiger partial charge in [-0.25, -0.2) is 0 Å². The Labute approximate surface area is 142 Å². The number of ether oxygens (including phenoxy) is 1. The van der Waals surface area contributed by atoms with Gasteiger partial charge in [0.05, 0.1) is 0 Å². The van der Waals surface area contributed by atoms with Crippen molar-refractivity contribution < 1.29 is 9.53 Å². The van der Waals surface area contributed by atoms with Crippen LogP contribution in [-0.2, 0) is 9.53 Å². The molecular formula is C19H36O2S.